The SMILES string of the molecule is O=C(NCc1ccc(CC(F)(F)F)cn1)c1cccn1-c1ncc(C(F)(F)F)cc1Cl. The molecule has 0 aliphatic heterocycles. The van der Waals surface area contributed by atoms with Crippen LogP contribution < -0.4 is 5.32 Å². The molecule has 31 heavy (non-hydrogen) atoms. The van der Waals surface area contributed by atoms with Crippen LogP contribution in [-0.4, -0.2) is 26.6 Å². The summed E-state index contributed by atoms with van der Waals surface area (Å²) in [7, 11) is 0. The average molecular weight is 463 g/mol. The van der Waals surface area contributed by atoms with Gasteiger partial charge in [0.25, 0.3) is 5.91 Å². The van der Waals surface area contributed by atoms with Gasteiger partial charge in [-0.05, 0) is 29.8 Å². The molecule has 0 aliphatic rings. The molecule has 164 valence electrons. The molecule has 1 N–H and O–H groups in total. The van der Waals surface area contributed by atoms with Crippen molar-refractivity contribution in [1.82, 2.24) is 19.9 Å². The molecule has 12 heteroatoms. The normalized spacial score (nSPS) is 12.1. The fraction of sp³-hybridized carbons (Fsp3) is 0.211. The minimum absolute atomic E-state index is 0.0144. The number of carbonyl (C=O) groups excluding carboxylic acids is 1. The van der Waals surface area contributed by atoms with E-state index in [4.69, 9.17) is 11.6 Å². The summed E-state index contributed by atoms with van der Waals surface area (Å²) < 4.78 is 76.7. The molecule has 3 aromatic rings. The van der Waals surface area contributed by atoms with Crippen molar-refractivity contribution >= 4 is 17.5 Å². The van der Waals surface area contributed by atoms with Crippen LogP contribution in [0.5, 0.6) is 0 Å². The topological polar surface area (TPSA) is 59.8 Å². The highest BCUT2D eigenvalue weighted by molar-refractivity contribution is 6.32. The Morgan fingerprint density at radius 1 is 1.06 bits per heavy atom. The van der Waals surface area contributed by atoms with Gasteiger partial charge in [-0.1, -0.05) is 17.7 Å². The zero-order valence-electron chi connectivity index (χ0n) is 15.4. The van der Waals surface area contributed by atoms with Crippen LogP contribution in [0, 0.1) is 0 Å². The highest BCUT2D eigenvalue weighted by Crippen LogP contribution is 2.32. The number of aromatic nitrogens is 3. The first kappa shape index (κ1) is 22.6. The quantitative estimate of drug-likeness (QED) is 0.544. The van der Waals surface area contributed by atoms with Crippen LogP contribution in [0.25, 0.3) is 5.82 Å². The first-order valence-corrected chi connectivity index (χ1v) is 9.01. The smallest absolute Gasteiger partial charge is 0.345 e. The minimum atomic E-state index is -4.62. The first-order chi connectivity index (χ1) is 14.4. The maximum Gasteiger partial charge on any atom is 0.417 e. The van der Waals surface area contributed by atoms with Crippen molar-refractivity contribution in [3.8, 4) is 5.82 Å². The number of carbonyl (C=O) groups is 1. The first-order valence-electron chi connectivity index (χ1n) is 8.63. The monoisotopic (exact) mass is 462 g/mol. The number of alkyl halides is 6. The number of hydrogen-bond donors (Lipinski definition) is 1. The molecule has 3 rings (SSSR count). The van der Waals surface area contributed by atoms with E-state index in [0.29, 0.717) is 18.0 Å². The Balaban J connectivity index is 1.72. The van der Waals surface area contributed by atoms with Crippen molar-refractivity contribution < 1.29 is 31.1 Å². The lowest BCUT2D eigenvalue weighted by atomic mass is 10.2. The largest absolute Gasteiger partial charge is 0.417 e. The van der Waals surface area contributed by atoms with E-state index in [1.54, 1.807) is 0 Å². The van der Waals surface area contributed by atoms with Gasteiger partial charge in [-0.25, -0.2) is 4.98 Å². The van der Waals surface area contributed by atoms with Crippen molar-refractivity contribution in [3.63, 3.8) is 0 Å². The lowest BCUT2D eigenvalue weighted by Crippen LogP contribution is -2.25. The summed E-state index contributed by atoms with van der Waals surface area (Å²) in [4.78, 5) is 20.1. The second-order valence-electron chi connectivity index (χ2n) is 6.42. The van der Waals surface area contributed by atoms with E-state index in [-0.39, 0.29) is 28.6 Å². The van der Waals surface area contributed by atoms with Crippen LogP contribution in [0.15, 0.2) is 48.9 Å². The summed E-state index contributed by atoms with van der Waals surface area (Å²) in [6, 6.07) is 6.21. The highest BCUT2D eigenvalue weighted by atomic mass is 35.5. The van der Waals surface area contributed by atoms with E-state index in [2.05, 4.69) is 15.3 Å². The van der Waals surface area contributed by atoms with Crippen LogP contribution >= 0.6 is 11.6 Å². The molecule has 0 bridgehead atoms. The van der Waals surface area contributed by atoms with Crippen LogP contribution in [0.1, 0.15) is 27.3 Å². The third-order valence-corrected chi connectivity index (χ3v) is 4.36. The number of halogens is 7. The fourth-order valence-corrected chi connectivity index (χ4v) is 2.93. The molecule has 0 radical (unpaired) electrons. The van der Waals surface area contributed by atoms with Gasteiger partial charge in [0, 0.05) is 18.6 Å². The van der Waals surface area contributed by atoms with Crippen LogP contribution in [0.4, 0.5) is 26.3 Å². The number of rotatable bonds is 5. The van der Waals surface area contributed by atoms with Gasteiger partial charge in [0.2, 0.25) is 0 Å². The summed E-state index contributed by atoms with van der Waals surface area (Å²) in [5.41, 5.74) is -0.676. The average Bonchev–Trinajstić information content (AvgIpc) is 3.15. The maximum atomic E-state index is 12.8. The summed E-state index contributed by atoms with van der Waals surface area (Å²) in [5, 5.41) is 2.24. The van der Waals surface area contributed by atoms with Gasteiger partial charge in [0.1, 0.15) is 5.69 Å². The molecular weight excluding hydrogens is 450 g/mol. The molecular formula is C19H13ClF6N4O. The molecule has 0 atom stereocenters. The molecule has 1 amide bonds. The van der Waals surface area contributed by atoms with E-state index >= 15 is 0 Å². The van der Waals surface area contributed by atoms with Gasteiger partial charge in [-0.15, -0.1) is 0 Å². The maximum absolute atomic E-state index is 12.8. The minimum Gasteiger partial charge on any atom is -0.345 e. The van der Waals surface area contributed by atoms with Crippen LogP contribution in [-0.2, 0) is 19.1 Å². The second-order valence-corrected chi connectivity index (χ2v) is 6.83. The Hall–Kier alpha value is -3.08. The van der Waals surface area contributed by atoms with E-state index in [9.17, 15) is 31.1 Å². The Bertz CT molecular complexity index is 1080. The van der Waals surface area contributed by atoms with Crippen LogP contribution in [0.2, 0.25) is 5.02 Å². The molecule has 5 nitrogen and oxygen atoms in total. The number of amides is 1. The van der Waals surface area contributed by atoms with E-state index in [0.717, 1.165) is 6.20 Å². The Kier molecular flexibility index (Phi) is 6.25. The lowest BCUT2D eigenvalue weighted by Gasteiger charge is -2.12. The molecule has 0 aromatic carbocycles. The lowest BCUT2D eigenvalue weighted by molar-refractivity contribution is -0.137. The van der Waals surface area contributed by atoms with Crippen molar-refractivity contribution in [2.75, 3.05) is 0 Å². The fourth-order valence-electron chi connectivity index (χ4n) is 2.67. The number of nitrogens with one attached hydrogen (secondary N) is 1. The van der Waals surface area contributed by atoms with Crippen molar-refractivity contribution in [2.24, 2.45) is 0 Å². The Morgan fingerprint density at radius 3 is 2.39 bits per heavy atom. The molecule has 0 fully saturated rings. The van der Waals surface area contributed by atoms with Gasteiger partial charge in [-0.2, -0.15) is 26.3 Å². The van der Waals surface area contributed by atoms with Gasteiger partial charge < -0.3 is 5.32 Å². The van der Waals surface area contributed by atoms with Gasteiger partial charge in [-0.3, -0.25) is 14.3 Å². The van der Waals surface area contributed by atoms with E-state index in [1.165, 1.54) is 35.0 Å². The summed E-state index contributed by atoms with van der Waals surface area (Å²) in [5.74, 6) is -0.677. The Labute approximate surface area is 176 Å². The zero-order valence-corrected chi connectivity index (χ0v) is 16.2. The predicted molar refractivity (Wildman–Crippen MR) is 98.7 cm³/mol. The Morgan fingerprint density at radius 2 is 1.81 bits per heavy atom. The van der Waals surface area contributed by atoms with Crippen molar-refractivity contribution in [1.29, 1.82) is 0 Å². The van der Waals surface area contributed by atoms with Gasteiger partial charge >= 0.3 is 12.4 Å². The number of pyridine rings is 2. The third kappa shape index (κ3) is 5.75. The van der Waals surface area contributed by atoms with E-state index in [1.807, 2.05) is 0 Å². The number of hydrogen-bond acceptors (Lipinski definition) is 3. The summed E-state index contributed by atoms with van der Waals surface area (Å²) in [6.07, 6.45) is -6.99. The second kappa shape index (κ2) is 8.58. The molecule has 0 aliphatic carbocycles. The van der Waals surface area contributed by atoms with Gasteiger partial charge in [0.15, 0.2) is 5.82 Å². The highest BCUT2D eigenvalue weighted by Gasteiger charge is 2.32. The summed E-state index contributed by atoms with van der Waals surface area (Å²) in [6.45, 7) is -0.0789. The van der Waals surface area contributed by atoms with Crippen molar-refractivity contribution in [2.45, 2.75) is 25.3 Å². The third-order valence-electron chi connectivity index (χ3n) is 4.08. The molecule has 0 saturated carbocycles. The van der Waals surface area contributed by atoms with Crippen LogP contribution in [0.3, 0.4) is 0 Å². The molecule has 3 aromatic heterocycles. The molecule has 3 heterocycles. The zero-order chi connectivity index (χ0) is 22.8. The standard InChI is InChI=1S/C19H13ClF6N4O/c20-14-6-12(19(24,25)26)9-28-16(14)30-5-1-2-15(30)17(31)29-10-13-4-3-11(8-27-13)7-18(21,22)23/h1-6,8-9H,7,10H2,(H,29,31). The predicted octanol–water partition coefficient (Wildman–Crippen LogP) is 4.97. The van der Waals surface area contributed by atoms with Crippen molar-refractivity contribution in [3.05, 3.63) is 76.5 Å². The molecule has 0 spiro atoms. The molecule has 0 saturated heterocycles. The number of nitrogens with zero attached hydrogens (tertiary/aromatic N) is 3. The van der Waals surface area contributed by atoms with E-state index < -0.39 is 30.2 Å². The molecule has 0 unspecified atom stereocenters. The van der Waals surface area contributed by atoms with Gasteiger partial charge in [0.05, 0.1) is 29.2 Å². The summed E-state index contributed by atoms with van der Waals surface area (Å²) >= 11 is 5.93.